The SMILES string of the molecule is CCC(C)C(N)C(=O)NC(C)c1ccc(OCC2CC2)c(F)c1.Cl. The lowest BCUT2D eigenvalue weighted by molar-refractivity contribution is -0.124. The van der Waals surface area contributed by atoms with Crippen LogP contribution in [0.4, 0.5) is 4.39 Å². The Bertz CT molecular complexity index is 552. The Kier molecular flexibility index (Phi) is 7.97. The first-order valence-electron chi connectivity index (χ1n) is 8.40. The highest BCUT2D eigenvalue weighted by Crippen LogP contribution is 2.30. The molecule has 6 heteroatoms. The third-order valence-electron chi connectivity index (χ3n) is 4.55. The average molecular weight is 359 g/mol. The lowest BCUT2D eigenvalue weighted by atomic mass is 9.98. The molecule has 0 radical (unpaired) electrons. The number of ether oxygens (including phenoxy) is 1. The Hall–Kier alpha value is -1.33. The van der Waals surface area contributed by atoms with E-state index in [1.807, 2.05) is 20.8 Å². The van der Waals surface area contributed by atoms with Crippen molar-refractivity contribution < 1.29 is 13.9 Å². The van der Waals surface area contributed by atoms with E-state index in [1.54, 1.807) is 12.1 Å². The number of nitrogens with one attached hydrogen (secondary N) is 1. The summed E-state index contributed by atoms with van der Waals surface area (Å²) in [5.41, 5.74) is 6.62. The molecular formula is C18H28ClFN2O2. The van der Waals surface area contributed by atoms with Gasteiger partial charge in [-0.15, -0.1) is 12.4 Å². The normalized spacial score (nSPS) is 17.4. The molecule has 0 aromatic heterocycles. The van der Waals surface area contributed by atoms with E-state index < -0.39 is 11.9 Å². The lowest BCUT2D eigenvalue weighted by Crippen LogP contribution is -2.45. The van der Waals surface area contributed by atoms with Crippen LogP contribution in [0.25, 0.3) is 0 Å². The minimum absolute atomic E-state index is 0. The molecule has 1 aliphatic rings. The highest BCUT2D eigenvalue weighted by molar-refractivity contribution is 5.85. The van der Waals surface area contributed by atoms with Crippen LogP contribution in [0, 0.1) is 17.7 Å². The number of halogens is 2. The maximum Gasteiger partial charge on any atom is 0.237 e. The van der Waals surface area contributed by atoms with Gasteiger partial charge in [-0.25, -0.2) is 4.39 Å². The van der Waals surface area contributed by atoms with E-state index in [0.29, 0.717) is 18.1 Å². The van der Waals surface area contributed by atoms with Crippen molar-refractivity contribution in [3.8, 4) is 5.75 Å². The molecule has 0 heterocycles. The zero-order valence-corrected chi connectivity index (χ0v) is 15.4. The molecule has 0 bridgehead atoms. The number of rotatable bonds is 8. The first-order chi connectivity index (χ1) is 10.9. The van der Waals surface area contributed by atoms with Gasteiger partial charge >= 0.3 is 0 Å². The Morgan fingerprint density at radius 3 is 2.62 bits per heavy atom. The molecular weight excluding hydrogens is 331 g/mol. The zero-order valence-electron chi connectivity index (χ0n) is 14.5. The largest absolute Gasteiger partial charge is 0.490 e. The van der Waals surface area contributed by atoms with Gasteiger partial charge < -0.3 is 15.8 Å². The summed E-state index contributed by atoms with van der Waals surface area (Å²) >= 11 is 0. The highest BCUT2D eigenvalue weighted by atomic mass is 35.5. The number of hydrogen-bond donors (Lipinski definition) is 2. The summed E-state index contributed by atoms with van der Waals surface area (Å²) in [6.45, 7) is 6.34. The van der Waals surface area contributed by atoms with Gasteiger partial charge in [0, 0.05) is 0 Å². The summed E-state index contributed by atoms with van der Waals surface area (Å²) in [4.78, 5) is 12.1. The second-order valence-electron chi connectivity index (χ2n) is 6.59. The predicted octanol–water partition coefficient (Wildman–Crippen LogP) is 3.59. The first-order valence-corrected chi connectivity index (χ1v) is 8.40. The molecule has 1 saturated carbocycles. The molecule has 3 N–H and O–H groups in total. The van der Waals surface area contributed by atoms with Gasteiger partial charge in [0.15, 0.2) is 11.6 Å². The molecule has 3 atom stereocenters. The topological polar surface area (TPSA) is 64.4 Å². The molecule has 0 saturated heterocycles. The van der Waals surface area contributed by atoms with Crippen molar-refractivity contribution in [2.45, 2.75) is 52.1 Å². The van der Waals surface area contributed by atoms with Gasteiger partial charge in [0.1, 0.15) is 0 Å². The lowest BCUT2D eigenvalue weighted by Gasteiger charge is -2.21. The van der Waals surface area contributed by atoms with E-state index in [4.69, 9.17) is 10.5 Å². The van der Waals surface area contributed by atoms with Gasteiger partial charge in [-0.3, -0.25) is 4.79 Å². The van der Waals surface area contributed by atoms with Crippen molar-refractivity contribution in [2.24, 2.45) is 17.6 Å². The van der Waals surface area contributed by atoms with Crippen LogP contribution in [0.1, 0.15) is 51.6 Å². The van der Waals surface area contributed by atoms with Gasteiger partial charge in [0.25, 0.3) is 0 Å². The van der Waals surface area contributed by atoms with Gasteiger partial charge in [-0.05, 0) is 49.3 Å². The Balaban J connectivity index is 0.00000288. The molecule has 0 aliphatic heterocycles. The van der Waals surface area contributed by atoms with E-state index in [2.05, 4.69) is 5.32 Å². The van der Waals surface area contributed by atoms with Crippen molar-refractivity contribution >= 4 is 18.3 Å². The van der Waals surface area contributed by atoms with Crippen molar-refractivity contribution in [3.05, 3.63) is 29.6 Å². The van der Waals surface area contributed by atoms with E-state index in [0.717, 1.165) is 6.42 Å². The Morgan fingerprint density at radius 1 is 1.42 bits per heavy atom. The van der Waals surface area contributed by atoms with Crippen molar-refractivity contribution in [1.82, 2.24) is 5.32 Å². The van der Waals surface area contributed by atoms with E-state index in [-0.39, 0.29) is 36.0 Å². The number of carbonyl (C=O) groups is 1. The fourth-order valence-electron chi connectivity index (χ4n) is 2.30. The van der Waals surface area contributed by atoms with Crippen LogP contribution in [-0.2, 0) is 4.79 Å². The van der Waals surface area contributed by atoms with Gasteiger partial charge in [0.05, 0.1) is 18.7 Å². The molecule has 0 spiro atoms. The Morgan fingerprint density at radius 2 is 2.08 bits per heavy atom. The highest BCUT2D eigenvalue weighted by Gasteiger charge is 2.23. The van der Waals surface area contributed by atoms with Crippen LogP contribution in [0.2, 0.25) is 0 Å². The van der Waals surface area contributed by atoms with Gasteiger partial charge in [-0.2, -0.15) is 0 Å². The Labute approximate surface area is 149 Å². The molecule has 3 unspecified atom stereocenters. The third kappa shape index (κ3) is 5.64. The molecule has 1 aromatic carbocycles. The number of benzene rings is 1. The average Bonchev–Trinajstić information content (AvgIpc) is 3.36. The minimum Gasteiger partial charge on any atom is -0.490 e. The quantitative estimate of drug-likeness (QED) is 0.746. The number of amides is 1. The van der Waals surface area contributed by atoms with Crippen LogP contribution in [-0.4, -0.2) is 18.6 Å². The maximum atomic E-state index is 14.1. The molecule has 2 rings (SSSR count). The molecule has 136 valence electrons. The van der Waals surface area contributed by atoms with Crippen molar-refractivity contribution in [3.63, 3.8) is 0 Å². The third-order valence-corrected chi connectivity index (χ3v) is 4.55. The van der Waals surface area contributed by atoms with Crippen molar-refractivity contribution in [2.75, 3.05) is 6.61 Å². The maximum absolute atomic E-state index is 14.1. The second kappa shape index (κ2) is 9.23. The molecule has 24 heavy (non-hydrogen) atoms. The van der Waals surface area contributed by atoms with Crippen LogP contribution in [0.5, 0.6) is 5.75 Å². The monoisotopic (exact) mass is 358 g/mol. The van der Waals surface area contributed by atoms with E-state index in [1.165, 1.54) is 18.9 Å². The predicted molar refractivity (Wildman–Crippen MR) is 95.9 cm³/mol. The number of carbonyl (C=O) groups excluding carboxylic acids is 1. The first kappa shape index (κ1) is 20.7. The van der Waals surface area contributed by atoms with E-state index in [9.17, 15) is 9.18 Å². The standard InChI is InChI=1S/C18H27FN2O2.ClH/c1-4-11(2)17(20)18(22)21-12(3)14-7-8-16(15(19)9-14)23-10-13-5-6-13;/h7-9,11-13,17H,4-6,10,20H2,1-3H3,(H,21,22);1H. The fourth-order valence-corrected chi connectivity index (χ4v) is 2.30. The minimum atomic E-state index is -0.548. The molecule has 1 fully saturated rings. The van der Waals surface area contributed by atoms with Crippen LogP contribution in [0.15, 0.2) is 18.2 Å². The van der Waals surface area contributed by atoms with Crippen LogP contribution in [0.3, 0.4) is 0 Å². The van der Waals surface area contributed by atoms with Crippen LogP contribution < -0.4 is 15.8 Å². The van der Waals surface area contributed by atoms with Crippen LogP contribution >= 0.6 is 12.4 Å². The molecule has 1 amide bonds. The smallest absolute Gasteiger partial charge is 0.237 e. The molecule has 1 aromatic rings. The summed E-state index contributed by atoms with van der Waals surface area (Å²) in [7, 11) is 0. The fraction of sp³-hybridized carbons (Fsp3) is 0.611. The zero-order chi connectivity index (χ0) is 17.0. The van der Waals surface area contributed by atoms with Gasteiger partial charge in [-0.1, -0.05) is 26.3 Å². The number of nitrogens with two attached hydrogens (primary N) is 1. The summed E-state index contributed by atoms with van der Waals surface area (Å²) in [5.74, 6) is 0.360. The summed E-state index contributed by atoms with van der Waals surface area (Å²) in [5, 5.41) is 2.85. The summed E-state index contributed by atoms with van der Waals surface area (Å²) in [6, 6.07) is 3.98. The number of hydrogen-bond acceptors (Lipinski definition) is 3. The molecule has 4 nitrogen and oxygen atoms in total. The van der Waals surface area contributed by atoms with E-state index >= 15 is 0 Å². The van der Waals surface area contributed by atoms with Gasteiger partial charge in [0.2, 0.25) is 5.91 Å². The second-order valence-corrected chi connectivity index (χ2v) is 6.59. The summed E-state index contributed by atoms with van der Waals surface area (Å²) < 4.78 is 19.6. The molecule has 1 aliphatic carbocycles. The van der Waals surface area contributed by atoms with Crippen molar-refractivity contribution in [1.29, 1.82) is 0 Å². The summed E-state index contributed by atoms with van der Waals surface area (Å²) in [6.07, 6.45) is 3.17.